The van der Waals surface area contributed by atoms with Crippen LogP contribution in [0.3, 0.4) is 0 Å². The standard InChI is InChI=1S/C42H40N6O2/c1-45(2)43-31-19-27-35-21-13-15-29-39(35)47(41(49)37-23-9-7-10-24-37)33-17-5-6-18-34-48(42(50)38-25-11-8-12-26-38)40-30-16-14-22-36(40)28-20-32-44-46(3)4/h7-16,19-32H,33-34H2,1-4H3/b27-19-,28-20+,43-31+,44-32+. The first-order valence-electron chi connectivity index (χ1n) is 16.0. The van der Waals surface area contributed by atoms with E-state index in [9.17, 15) is 9.59 Å². The molecule has 8 heteroatoms. The Bertz CT molecular complexity index is 1830. The van der Waals surface area contributed by atoms with Gasteiger partial charge in [-0.25, -0.2) is 0 Å². The van der Waals surface area contributed by atoms with E-state index in [0.717, 1.165) is 11.1 Å². The lowest BCUT2D eigenvalue weighted by Gasteiger charge is -2.22. The third kappa shape index (κ3) is 11.0. The number of rotatable bonds is 12. The number of nitrogens with zero attached hydrogens (tertiary/aromatic N) is 6. The first-order valence-corrected chi connectivity index (χ1v) is 16.0. The van der Waals surface area contributed by atoms with Crippen molar-refractivity contribution in [2.45, 2.75) is 0 Å². The number of benzene rings is 4. The summed E-state index contributed by atoms with van der Waals surface area (Å²) in [5.41, 5.74) is 4.18. The van der Waals surface area contributed by atoms with Crippen molar-refractivity contribution >= 4 is 47.8 Å². The van der Waals surface area contributed by atoms with Gasteiger partial charge >= 0.3 is 0 Å². The average Bonchev–Trinajstić information content (AvgIpc) is 3.14. The molecule has 8 nitrogen and oxygen atoms in total. The van der Waals surface area contributed by atoms with E-state index in [4.69, 9.17) is 0 Å². The van der Waals surface area contributed by atoms with Crippen molar-refractivity contribution in [1.29, 1.82) is 0 Å². The van der Waals surface area contributed by atoms with Gasteiger partial charge in [0.05, 0.1) is 24.5 Å². The smallest absolute Gasteiger partial charge is 0.259 e. The zero-order chi connectivity index (χ0) is 35.6. The molecule has 0 saturated carbocycles. The highest BCUT2D eigenvalue weighted by Gasteiger charge is 2.20. The molecule has 0 N–H and O–H groups in total. The van der Waals surface area contributed by atoms with E-state index in [0.29, 0.717) is 22.5 Å². The minimum atomic E-state index is -0.185. The Morgan fingerprint density at radius 2 is 0.900 bits per heavy atom. The fourth-order valence-electron chi connectivity index (χ4n) is 4.72. The van der Waals surface area contributed by atoms with E-state index in [1.807, 2.05) is 137 Å². The highest BCUT2D eigenvalue weighted by molar-refractivity contribution is 6.08. The Morgan fingerprint density at radius 3 is 1.28 bits per heavy atom. The number of para-hydroxylation sites is 2. The van der Waals surface area contributed by atoms with Gasteiger partial charge in [0, 0.05) is 51.7 Å². The van der Waals surface area contributed by atoms with Gasteiger partial charge in [-0.3, -0.25) is 19.4 Å². The summed E-state index contributed by atoms with van der Waals surface area (Å²) in [6.45, 7) is 0.210. The Labute approximate surface area is 295 Å². The second-order valence-electron chi connectivity index (χ2n) is 11.2. The molecule has 0 spiro atoms. The fraction of sp³-hybridized carbons (Fsp3) is 0.143. The van der Waals surface area contributed by atoms with Crippen LogP contribution in [0.25, 0.3) is 12.2 Å². The number of carbonyl (C=O) groups excluding carboxylic acids is 2. The second kappa shape index (κ2) is 19.2. The van der Waals surface area contributed by atoms with Gasteiger partial charge in [0.15, 0.2) is 0 Å². The van der Waals surface area contributed by atoms with Crippen molar-refractivity contribution in [3.63, 3.8) is 0 Å². The van der Waals surface area contributed by atoms with E-state index in [-0.39, 0.29) is 24.9 Å². The van der Waals surface area contributed by atoms with Crippen LogP contribution in [0, 0.1) is 23.7 Å². The van der Waals surface area contributed by atoms with Gasteiger partial charge in [0.1, 0.15) is 0 Å². The largest absolute Gasteiger partial charge is 0.303 e. The predicted octanol–water partition coefficient (Wildman–Crippen LogP) is 6.81. The molecule has 0 aliphatic rings. The maximum Gasteiger partial charge on any atom is 0.259 e. The maximum atomic E-state index is 13.8. The monoisotopic (exact) mass is 660 g/mol. The van der Waals surface area contributed by atoms with E-state index in [1.54, 1.807) is 56.5 Å². The van der Waals surface area contributed by atoms with Crippen LogP contribution in [-0.4, -0.2) is 75.5 Å². The zero-order valence-electron chi connectivity index (χ0n) is 28.8. The van der Waals surface area contributed by atoms with E-state index >= 15 is 0 Å². The second-order valence-corrected chi connectivity index (χ2v) is 11.2. The van der Waals surface area contributed by atoms with Crippen molar-refractivity contribution in [3.05, 3.63) is 144 Å². The third-order valence-corrected chi connectivity index (χ3v) is 7.02. The predicted molar refractivity (Wildman–Crippen MR) is 207 cm³/mol. The molecule has 50 heavy (non-hydrogen) atoms. The minimum Gasteiger partial charge on any atom is -0.303 e. The van der Waals surface area contributed by atoms with Gasteiger partial charge in [-0.1, -0.05) is 96.8 Å². The molecule has 2 amide bonds. The Kier molecular flexibility index (Phi) is 13.9. The van der Waals surface area contributed by atoms with E-state index in [2.05, 4.69) is 33.9 Å². The molecule has 0 fully saturated rings. The maximum absolute atomic E-state index is 13.8. The lowest BCUT2D eigenvalue weighted by Crippen LogP contribution is -2.32. The molecule has 0 aromatic heterocycles. The van der Waals surface area contributed by atoms with Crippen molar-refractivity contribution in [2.75, 3.05) is 51.1 Å². The van der Waals surface area contributed by atoms with E-state index in [1.165, 1.54) is 0 Å². The van der Waals surface area contributed by atoms with Gasteiger partial charge in [-0.05, 0) is 71.5 Å². The fourth-order valence-corrected chi connectivity index (χ4v) is 4.72. The summed E-state index contributed by atoms with van der Waals surface area (Å²) in [4.78, 5) is 30.8. The number of carbonyl (C=O) groups is 2. The molecule has 0 unspecified atom stereocenters. The summed E-state index contributed by atoms with van der Waals surface area (Å²) in [6.07, 6.45) is 10.8. The number of amides is 2. The van der Waals surface area contributed by atoms with Crippen molar-refractivity contribution < 1.29 is 9.59 Å². The Balaban J connectivity index is 1.62. The summed E-state index contributed by atoms with van der Waals surface area (Å²) in [6, 6.07) is 33.5. The van der Waals surface area contributed by atoms with Gasteiger partial charge in [0.2, 0.25) is 0 Å². The molecule has 250 valence electrons. The number of hydrogen-bond acceptors (Lipinski definition) is 6. The molecule has 4 aromatic rings. The highest BCUT2D eigenvalue weighted by atomic mass is 16.2. The van der Waals surface area contributed by atoms with Crippen LogP contribution in [0.4, 0.5) is 11.4 Å². The van der Waals surface area contributed by atoms with Crippen LogP contribution in [0.5, 0.6) is 0 Å². The van der Waals surface area contributed by atoms with Crippen LogP contribution in [0.15, 0.2) is 132 Å². The molecular formula is C42H40N6O2. The molecule has 0 bridgehead atoms. The first-order chi connectivity index (χ1) is 24.3. The molecule has 4 aromatic carbocycles. The molecular weight excluding hydrogens is 621 g/mol. The van der Waals surface area contributed by atoms with E-state index < -0.39 is 0 Å². The Hall–Kier alpha value is -6.64. The number of hydrogen-bond donors (Lipinski definition) is 0. The van der Waals surface area contributed by atoms with Crippen LogP contribution in [0.1, 0.15) is 31.8 Å². The molecule has 0 heterocycles. The van der Waals surface area contributed by atoms with Gasteiger partial charge in [-0.15, -0.1) is 0 Å². The van der Waals surface area contributed by atoms with Gasteiger partial charge in [-0.2, -0.15) is 10.2 Å². The normalized spacial score (nSPS) is 10.9. The molecule has 4 rings (SSSR count). The summed E-state index contributed by atoms with van der Waals surface area (Å²) >= 11 is 0. The molecule has 0 aliphatic heterocycles. The van der Waals surface area contributed by atoms with Crippen LogP contribution < -0.4 is 9.80 Å². The first kappa shape index (κ1) is 36.2. The zero-order valence-corrected chi connectivity index (χ0v) is 28.8. The SMILES string of the molecule is CN(C)/N=C/C=C\c1ccccc1N(CC#CC#CCN(C(=O)c1ccccc1)c1ccccc1/C=C/C=N/N(C)C)C(=O)c1ccccc1. The summed E-state index contributed by atoms with van der Waals surface area (Å²) in [7, 11) is 7.39. The molecule has 0 saturated heterocycles. The lowest BCUT2D eigenvalue weighted by molar-refractivity contribution is 0.0982. The molecule has 0 radical (unpaired) electrons. The van der Waals surface area contributed by atoms with Crippen LogP contribution in [-0.2, 0) is 0 Å². The topological polar surface area (TPSA) is 71.8 Å². The van der Waals surface area contributed by atoms with Crippen LogP contribution in [0.2, 0.25) is 0 Å². The summed E-state index contributed by atoms with van der Waals surface area (Å²) < 4.78 is 0. The van der Waals surface area contributed by atoms with Gasteiger partial charge in [0.25, 0.3) is 11.8 Å². The number of anilines is 2. The van der Waals surface area contributed by atoms with Crippen molar-refractivity contribution in [1.82, 2.24) is 10.0 Å². The Morgan fingerprint density at radius 1 is 0.540 bits per heavy atom. The summed E-state index contributed by atoms with van der Waals surface area (Å²) in [5, 5.41) is 11.9. The molecule has 0 aliphatic carbocycles. The lowest BCUT2D eigenvalue weighted by atomic mass is 10.1. The average molecular weight is 661 g/mol. The van der Waals surface area contributed by atoms with Crippen molar-refractivity contribution in [2.24, 2.45) is 10.2 Å². The van der Waals surface area contributed by atoms with Crippen molar-refractivity contribution in [3.8, 4) is 23.7 Å². The summed E-state index contributed by atoms with van der Waals surface area (Å²) in [5.74, 6) is 11.6. The quantitative estimate of drug-likeness (QED) is 0.0952. The number of allylic oxidation sites excluding steroid dienone is 2. The third-order valence-electron chi connectivity index (χ3n) is 7.02. The number of hydrazone groups is 2. The van der Waals surface area contributed by atoms with Gasteiger partial charge < -0.3 is 10.0 Å². The minimum absolute atomic E-state index is 0.105. The van der Waals surface area contributed by atoms with Crippen LogP contribution >= 0.6 is 0 Å². The highest BCUT2D eigenvalue weighted by Crippen LogP contribution is 2.25. The molecule has 0 atom stereocenters.